The lowest BCUT2D eigenvalue weighted by molar-refractivity contribution is 0.113. The molecule has 0 aliphatic heterocycles. The first-order chi connectivity index (χ1) is 7.31. The third kappa shape index (κ3) is 2.38. The van der Waals surface area contributed by atoms with Crippen LogP contribution in [0.5, 0.6) is 0 Å². The zero-order valence-electron chi connectivity index (χ0n) is 9.70. The van der Waals surface area contributed by atoms with Gasteiger partial charge in [0, 0.05) is 0 Å². The van der Waals surface area contributed by atoms with Gasteiger partial charge in [0.25, 0.3) is 0 Å². The summed E-state index contributed by atoms with van der Waals surface area (Å²) in [7, 11) is 0. The van der Waals surface area contributed by atoms with Crippen LogP contribution in [-0.4, -0.2) is 11.2 Å². The minimum Gasteiger partial charge on any atom is -0.393 e. The molecule has 1 heteroatoms. The Morgan fingerprint density at radius 1 is 1.07 bits per heavy atom. The second-order valence-electron chi connectivity index (χ2n) is 6.35. The van der Waals surface area contributed by atoms with Crippen molar-refractivity contribution in [1.82, 2.24) is 0 Å². The minimum atomic E-state index is 0.0231. The Labute approximate surface area is 93.3 Å². The summed E-state index contributed by atoms with van der Waals surface area (Å²) in [6, 6.07) is 0. The van der Waals surface area contributed by atoms with E-state index in [-0.39, 0.29) is 6.10 Å². The molecule has 3 saturated carbocycles. The fourth-order valence-electron chi connectivity index (χ4n) is 3.97. The van der Waals surface area contributed by atoms with E-state index >= 15 is 0 Å². The van der Waals surface area contributed by atoms with E-state index in [4.69, 9.17) is 0 Å². The van der Waals surface area contributed by atoms with Gasteiger partial charge in [-0.1, -0.05) is 19.3 Å². The number of aliphatic hydroxyl groups is 1. The predicted molar refractivity (Wildman–Crippen MR) is 61.5 cm³/mol. The summed E-state index contributed by atoms with van der Waals surface area (Å²) in [6.45, 7) is 0. The molecule has 0 radical (unpaired) electrons. The van der Waals surface area contributed by atoms with Gasteiger partial charge in [0.1, 0.15) is 0 Å². The standard InChI is InChI=1S/C14H24O/c15-14(6-4-10-1-2-10)9-13-8-11-3-5-12(13)7-11/h10-15H,1-9H2. The summed E-state index contributed by atoms with van der Waals surface area (Å²) in [5.74, 6) is 3.90. The van der Waals surface area contributed by atoms with E-state index in [0.717, 1.165) is 36.5 Å². The fourth-order valence-corrected chi connectivity index (χ4v) is 3.97. The van der Waals surface area contributed by atoms with Gasteiger partial charge in [-0.3, -0.25) is 0 Å². The van der Waals surface area contributed by atoms with E-state index in [1.807, 2.05) is 0 Å². The highest BCUT2D eigenvalue weighted by atomic mass is 16.3. The summed E-state index contributed by atoms with van der Waals surface area (Å²) in [5, 5.41) is 10.0. The summed E-state index contributed by atoms with van der Waals surface area (Å²) in [4.78, 5) is 0. The molecule has 2 bridgehead atoms. The topological polar surface area (TPSA) is 20.2 Å². The maximum atomic E-state index is 10.0. The van der Waals surface area contributed by atoms with Crippen molar-refractivity contribution in [3.63, 3.8) is 0 Å². The molecule has 0 amide bonds. The van der Waals surface area contributed by atoms with E-state index in [9.17, 15) is 5.11 Å². The Hall–Kier alpha value is -0.0400. The van der Waals surface area contributed by atoms with Gasteiger partial charge in [-0.15, -0.1) is 0 Å². The molecule has 15 heavy (non-hydrogen) atoms. The average Bonchev–Trinajstić information content (AvgIpc) is 2.84. The third-order valence-electron chi connectivity index (χ3n) is 5.06. The van der Waals surface area contributed by atoms with Crippen LogP contribution >= 0.6 is 0 Å². The van der Waals surface area contributed by atoms with Crippen molar-refractivity contribution in [3.8, 4) is 0 Å². The number of rotatable bonds is 5. The highest BCUT2D eigenvalue weighted by Crippen LogP contribution is 2.50. The lowest BCUT2D eigenvalue weighted by Gasteiger charge is -2.24. The van der Waals surface area contributed by atoms with Crippen LogP contribution in [-0.2, 0) is 0 Å². The van der Waals surface area contributed by atoms with Crippen molar-refractivity contribution in [3.05, 3.63) is 0 Å². The lowest BCUT2D eigenvalue weighted by Crippen LogP contribution is -2.18. The first-order valence-corrected chi connectivity index (χ1v) is 6.99. The average molecular weight is 208 g/mol. The van der Waals surface area contributed by atoms with Gasteiger partial charge in [0.15, 0.2) is 0 Å². The molecule has 0 spiro atoms. The van der Waals surface area contributed by atoms with E-state index in [1.54, 1.807) is 0 Å². The van der Waals surface area contributed by atoms with Crippen molar-refractivity contribution in [1.29, 1.82) is 0 Å². The molecule has 4 atom stereocenters. The third-order valence-corrected chi connectivity index (χ3v) is 5.06. The van der Waals surface area contributed by atoms with Crippen LogP contribution in [0.1, 0.15) is 57.8 Å². The highest BCUT2D eigenvalue weighted by molar-refractivity contribution is 4.90. The molecule has 0 aromatic carbocycles. The molecule has 1 nitrogen and oxygen atoms in total. The molecular formula is C14H24O. The zero-order chi connectivity index (χ0) is 10.3. The Kier molecular flexibility index (Phi) is 2.76. The van der Waals surface area contributed by atoms with Gasteiger partial charge in [0.05, 0.1) is 6.10 Å². The molecule has 0 aromatic rings. The Balaban J connectivity index is 1.40. The first-order valence-electron chi connectivity index (χ1n) is 6.99. The summed E-state index contributed by atoms with van der Waals surface area (Å²) < 4.78 is 0. The van der Waals surface area contributed by atoms with Gasteiger partial charge in [-0.05, 0) is 62.2 Å². The van der Waals surface area contributed by atoms with Crippen LogP contribution in [0.25, 0.3) is 0 Å². The van der Waals surface area contributed by atoms with Gasteiger partial charge in [-0.25, -0.2) is 0 Å². The van der Waals surface area contributed by atoms with Gasteiger partial charge in [-0.2, -0.15) is 0 Å². The number of fused-ring (bicyclic) bond motifs is 2. The second-order valence-corrected chi connectivity index (χ2v) is 6.35. The molecule has 0 heterocycles. The van der Waals surface area contributed by atoms with Crippen molar-refractivity contribution < 1.29 is 5.11 Å². The highest BCUT2D eigenvalue weighted by Gasteiger charge is 2.39. The lowest BCUT2D eigenvalue weighted by atomic mass is 9.84. The number of hydrogen-bond acceptors (Lipinski definition) is 1. The van der Waals surface area contributed by atoms with E-state index in [0.29, 0.717) is 0 Å². The Morgan fingerprint density at radius 3 is 2.53 bits per heavy atom. The van der Waals surface area contributed by atoms with Crippen LogP contribution in [0, 0.1) is 23.7 Å². The Bertz CT molecular complexity index is 221. The number of hydrogen-bond donors (Lipinski definition) is 1. The molecule has 86 valence electrons. The summed E-state index contributed by atoms with van der Waals surface area (Å²) in [6.07, 6.45) is 12.3. The van der Waals surface area contributed by atoms with Crippen molar-refractivity contribution >= 4 is 0 Å². The molecule has 3 rings (SSSR count). The maximum absolute atomic E-state index is 10.0. The first kappa shape index (κ1) is 10.1. The van der Waals surface area contributed by atoms with Crippen LogP contribution in [0.4, 0.5) is 0 Å². The van der Waals surface area contributed by atoms with Crippen molar-refractivity contribution in [2.24, 2.45) is 23.7 Å². The SMILES string of the molecule is OC(CCC1CC1)CC1CC2CCC1C2. The Morgan fingerprint density at radius 2 is 1.93 bits per heavy atom. The number of aliphatic hydroxyl groups excluding tert-OH is 1. The van der Waals surface area contributed by atoms with Crippen LogP contribution in [0.2, 0.25) is 0 Å². The quantitative estimate of drug-likeness (QED) is 0.734. The fraction of sp³-hybridized carbons (Fsp3) is 1.00. The van der Waals surface area contributed by atoms with E-state index in [2.05, 4.69) is 0 Å². The van der Waals surface area contributed by atoms with Gasteiger partial charge >= 0.3 is 0 Å². The summed E-state index contributed by atoms with van der Waals surface area (Å²) in [5.41, 5.74) is 0. The van der Waals surface area contributed by atoms with Crippen molar-refractivity contribution in [2.75, 3.05) is 0 Å². The van der Waals surface area contributed by atoms with E-state index in [1.165, 1.54) is 44.9 Å². The maximum Gasteiger partial charge on any atom is 0.0543 e. The van der Waals surface area contributed by atoms with Crippen LogP contribution in [0.3, 0.4) is 0 Å². The normalized spacial score (nSPS) is 41.0. The molecule has 3 aliphatic rings. The molecule has 3 aliphatic carbocycles. The molecule has 1 N–H and O–H groups in total. The van der Waals surface area contributed by atoms with Gasteiger partial charge < -0.3 is 5.11 Å². The molecule has 0 aromatic heterocycles. The van der Waals surface area contributed by atoms with E-state index < -0.39 is 0 Å². The second kappa shape index (κ2) is 4.08. The van der Waals surface area contributed by atoms with Crippen LogP contribution in [0.15, 0.2) is 0 Å². The zero-order valence-corrected chi connectivity index (χ0v) is 9.70. The minimum absolute atomic E-state index is 0.0231. The molecule has 4 unspecified atom stereocenters. The van der Waals surface area contributed by atoms with Gasteiger partial charge in [0.2, 0.25) is 0 Å². The van der Waals surface area contributed by atoms with Crippen molar-refractivity contribution in [2.45, 2.75) is 63.9 Å². The molecular weight excluding hydrogens is 184 g/mol. The molecule has 3 fully saturated rings. The molecule has 0 saturated heterocycles. The predicted octanol–water partition coefficient (Wildman–Crippen LogP) is 3.36. The monoisotopic (exact) mass is 208 g/mol. The largest absolute Gasteiger partial charge is 0.393 e. The van der Waals surface area contributed by atoms with Crippen LogP contribution < -0.4 is 0 Å². The summed E-state index contributed by atoms with van der Waals surface area (Å²) >= 11 is 0. The smallest absolute Gasteiger partial charge is 0.0543 e.